The summed E-state index contributed by atoms with van der Waals surface area (Å²) in [7, 11) is 4.11. The van der Waals surface area contributed by atoms with Crippen molar-refractivity contribution in [1.29, 1.82) is 0 Å². The molecule has 0 aliphatic carbocycles. The van der Waals surface area contributed by atoms with Gasteiger partial charge >= 0.3 is 6.03 Å². The van der Waals surface area contributed by atoms with Crippen LogP contribution in [0.5, 0.6) is 0 Å². The minimum atomic E-state index is 0.122. The van der Waals surface area contributed by atoms with Crippen molar-refractivity contribution in [2.45, 2.75) is 6.42 Å². The molecule has 1 fully saturated rings. The summed E-state index contributed by atoms with van der Waals surface area (Å²) in [5.41, 5.74) is 0.967. The van der Waals surface area contributed by atoms with E-state index in [1.807, 2.05) is 34.1 Å². The molecule has 0 unspecified atom stereocenters. The zero-order valence-corrected chi connectivity index (χ0v) is 13.1. The second kappa shape index (κ2) is 6.39. The lowest BCUT2D eigenvalue weighted by Gasteiger charge is -2.19. The van der Waals surface area contributed by atoms with Gasteiger partial charge in [0.05, 0.1) is 0 Å². The molecule has 1 saturated heterocycles. The van der Waals surface area contributed by atoms with Gasteiger partial charge in [-0.3, -0.25) is 4.90 Å². The highest BCUT2D eigenvalue weighted by molar-refractivity contribution is 9.10. The highest BCUT2D eigenvalue weighted by Crippen LogP contribution is 2.23. The molecule has 0 saturated carbocycles. The summed E-state index contributed by atoms with van der Waals surface area (Å²) in [6, 6.07) is 8.02. The average molecular weight is 326 g/mol. The summed E-state index contributed by atoms with van der Waals surface area (Å²) in [5, 5.41) is 0. The zero-order chi connectivity index (χ0) is 13.8. The fourth-order valence-electron chi connectivity index (χ4n) is 2.25. The van der Waals surface area contributed by atoms with Crippen LogP contribution in [0.3, 0.4) is 0 Å². The number of rotatable bonds is 5. The van der Waals surface area contributed by atoms with Gasteiger partial charge in [-0.2, -0.15) is 0 Å². The Morgan fingerprint density at radius 1 is 1.32 bits per heavy atom. The molecule has 4 nitrogen and oxygen atoms in total. The molecule has 0 spiro atoms. The van der Waals surface area contributed by atoms with E-state index in [0.717, 1.165) is 42.8 Å². The van der Waals surface area contributed by atoms with Crippen LogP contribution in [-0.4, -0.2) is 56.1 Å². The summed E-state index contributed by atoms with van der Waals surface area (Å²) in [4.78, 5) is 18.2. The fraction of sp³-hybridized carbons (Fsp3) is 0.500. The molecule has 1 heterocycles. The molecule has 1 aromatic carbocycles. The number of anilines is 1. The third-order valence-electron chi connectivity index (χ3n) is 3.25. The normalized spacial score (nSPS) is 15.7. The molecule has 0 aromatic heterocycles. The smallest absolute Gasteiger partial charge is 0.323 e. The third-order valence-corrected chi connectivity index (χ3v) is 3.74. The molecule has 5 heteroatoms. The number of carbonyl (C=O) groups excluding carboxylic acids is 1. The number of benzene rings is 1. The van der Waals surface area contributed by atoms with Crippen LogP contribution in [0.1, 0.15) is 6.42 Å². The Morgan fingerprint density at radius 2 is 2.11 bits per heavy atom. The van der Waals surface area contributed by atoms with E-state index in [-0.39, 0.29) is 6.03 Å². The third kappa shape index (κ3) is 3.70. The number of halogens is 1. The summed E-state index contributed by atoms with van der Waals surface area (Å²) in [5.74, 6) is 0. The topological polar surface area (TPSA) is 26.8 Å². The van der Waals surface area contributed by atoms with Gasteiger partial charge in [0.25, 0.3) is 0 Å². The van der Waals surface area contributed by atoms with E-state index in [1.54, 1.807) is 0 Å². The number of hydrogen-bond donors (Lipinski definition) is 0. The van der Waals surface area contributed by atoms with Crippen LogP contribution < -0.4 is 4.90 Å². The van der Waals surface area contributed by atoms with Crippen molar-refractivity contribution in [1.82, 2.24) is 9.80 Å². The Hall–Kier alpha value is -1.07. The molecule has 0 atom stereocenters. The second-order valence-corrected chi connectivity index (χ2v) is 5.97. The van der Waals surface area contributed by atoms with Crippen molar-refractivity contribution in [3.8, 4) is 0 Å². The average Bonchev–Trinajstić information content (AvgIpc) is 2.71. The Morgan fingerprint density at radius 3 is 2.79 bits per heavy atom. The Bertz CT molecular complexity index is 450. The van der Waals surface area contributed by atoms with Crippen LogP contribution in [0.15, 0.2) is 28.7 Å². The first kappa shape index (κ1) is 14.3. The number of urea groups is 1. The van der Waals surface area contributed by atoms with Crippen molar-refractivity contribution < 1.29 is 4.79 Å². The number of amides is 2. The van der Waals surface area contributed by atoms with Crippen molar-refractivity contribution in [3.05, 3.63) is 28.7 Å². The van der Waals surface area contributed by atoms with E-state index >= 15 is 0 Å². The van der Waals surface area contributed by atoms with Crippen LogP contribution in [0.25, 0.3) is 0 Å². The van der Waals surface area contributed by atoms with Gasteiger partial charge in [-0.15, -0.1) is 0 Å². The molecule has 104 valence electrons. The van der Waals surface area contributed by atoms with Crippen LogP contribution in [0.2, 0.25) is 0 Å². The van der Waals surface area contributed by atoms with E-state index in [9.17, 15) is 4.79 Å². The van der Waals surface area contributed by atoms with Gasteiger partial charge in [0, 0.05) is 29.8 Å². The predicted molar refractivity (Wildman–Crippen MR) is 81.6 cm³/mol. The minimum absolute atomic E-state index is 0.122. The van der Waals surface area contributed by atoms with E-state index in [1.165, 1.54) is 0 Å². The fourth-order valence-corrected chi connectivity index (χ4v) is 2.64. The van der Waals surface area contributed by atoms with Gasteiger partial charge < -0.3 is 9.80 Å². The predicted octanol–water partition coefficient (Wildman–Crippen LogP) is 2.64. The van der Waals surface area contributed by atoms with Crippen LogP contribution in [0.4, 0.5) is 10.5 Å². The Labute approximate surface area is 123 Å². The highest BCUT2D eigenvalue weighted by Gasteiger charge is 2.28. The SMILES string of the molecule is CN(C)CCCN1CCN(c2cccc(Br)c2)C1=O. The molecular formula is C14H20BrN3O. The standard InChI is InChI=1S/C14H20BrN3O/c1-16(2)7-4-8-17-9-10-18(14(17)19)13-6-3-5-12(15)11-13/h3,5-6,11H,4,7-10H2,1-2H3. The molecule has 0 bridgehead atoms. The number of hydrogen-bond acceptors (Lipinski definition) is 2. The lowest BCUT2D eigenvalue weighted by atomic mass is 10.3. The van der Waals surface area contributed by atoms with E-state index in [4.69, 9.17) is 0 Å². The molecule has 19 heavy (non-hydrogen) atoms. The summed E-state index contributed by atoms with van der Waals surface area (Å²) < 4.78 is 1.00. The first-order valence-corrected chi connectivity index (χ1v) is 7.34. The summed E-state index contributed by atoms with van der Waals surface area (Å²) in [6.45, 7) is 3.44. The number of nitrogens with zero attached hydrogens (tertiary/aromatic N) is 3. The van der Waals surface area contributed by atoms with E-state index in [2.05, 4.69) is 34.9 Å². The summed E-state index contributed by atoms with van der Waals surface area (Å²) in [6.07, 6.45) is 1.02. The van der Waals surface area contributed by atoms with Gasteiger partial charge in [-0.1, -0.05) is 22.0 Å². The maximum absolute atomic E-state index is 12.3. The van der Waals surface area contributed by atoms with Gasteiger partial charge in [0.15, 0.2) is 0 Å². The van der Waals surface area contributed by atoms with E-state index < -0.39 is 0 Å². The molecule has 2 rings (SSSR count). The van der Waals surface area contributed by atoms with Crippen molar-refractivity contribution in [2.75, 3.05) is 45.2 Å². The Kier molecular flexibility index (Phi) is 4.82. The second-order valence-electron chi connectivity index (χ2n) is 5.06. The zero-order valence-electron chi connectivity index (χ0n) is 11.5. The molecular weight excluding hydrogens is 306 g/mol. The molecule has 1 aliphatic heterocycles. The quantitative estimate of drug-likeness (QED) is 0.832. The highest BCUT2D eigenvalue weighted by atomic mass is 79.9. The monoisotopic (exact) mass is 325 g/mol. The van der Waals surface area contributed by atoms with Crippen molar-refractivity contribution >= 4 is 27.6 Å². The molecule has 2 amide bonds. The molecule has 0 N–H and O–H groups in total. The first-order chi connectivity index (χ1) is 9.08. The van der Waals surface area contributed by atoms with Crippen LogP contribution in [0, 0.1) is 0 Å². The van der Waals surface area contributed by atoms with Gasteiger partial charge in [-0.05, 0) is 45.3 Å². The summed E-state index contributed by atoms with van der Waals surface area (Å²) >= 11 is 3.45. The van der Waals surface area contributed by atoms with Crippen LogP contribution in [-0.2, 0) is 0 Å². The molecule has 1 aliphatic rings. The van der Waals surface area contributed by atoms with Gasteiger partial charge in [0.1, 0.15) is 0 Å². The van der Waals surface area contributed by atoms with Gasteiger partial charge in [0.2, 0.25) is 0 Å². The first-order valence-electron chi connectivity index (χ1n) is 6.54. The van der Waals surface area contributed by atoms with Crippen molar-refractivity contribution in [2.24, 2.45) is 0 Å². The van der Waals surface area contributed by atoms with Gasteiger partial charge in [-0.25, -0.2) is 4.79 Å². The van der Waals surface area contributed by atoms with Crippen LogP contribution >= 0.6 is 15.9 Å². The maximum atomic E-state index is 12.3. The van der Waals surface area contributed by atoms with Crippen molar-refractivity contribution in [3.63, 3.8) is 0 Å². The Balaban J connectivity index is 1.94. The lowest BCUT2D eigenvalue weighted by molar-refractivity contribution is 0.218. The maximum Gasteiger partial charge on any atom is 0.324 e. The largest absolute Gasteiger partial charge is 0.324 e. The molecule has 0 radical (unpaired) electrons. The van der Waals surface area contributed by atoms with E-state index in [0.29, 0.717) is 0 Å². The molecule has 1 aromatic rings. The minimum Gasteiger partial charge on any atom is -0.323 e. The lowest BCUT2D eigenvalue weighted by Crippen LogP contribution is -2.33. The number of carbonyl (C=O) groups is 1.